The number of hydrogen-bond donors (Lipinski definition) is 2. The Balaban J connectivity index is 2.20. The van der Waals surface area contributed by atoms with Gasteiger partial charge in [0.2, 0.25) is 0 Å². The van der Waals surface area contributed by atoms with Gasteiger partial charge in [0.1, 0.15) is 17.4 Å². The van der Waals surface area contributed by atoms with Gasteiger partial charge < -0.3 is 19.6 Å². The molecule has 0 fully saturated rings. The molecule has 2 N–H and O–H groups in total. The fourth-order valence-electron chi connectivity index (χ4n) is 2.91. The Morgan fingerprint density at radius 1 is 1.30 bits per heavy atom. The van der Waals surface area contributed by atoms with Crippen LogP contribution in [-0.4, -0.2) is 29.6 Å². The fourth-order valence-corrected chi connectivity index (χ4v) is 2.91. The number of hydrogen-bond acceptors (Lipinski definition) is 5. The first-order chi connectivity index (χ1) is 12.7. The minimum absolute atomic E-state index is 0.250. The summed E-state index contributed by atoms with van der Waals surface area (Å²) in [4.78, 5) is 35.0. The molecule has 2 rings (SSSR count). The zero-order valence-corrected chi connectivity index (χ0v) is 16.0. The minimum Gasteiger partial charge on any atom is -0.483 e. The van der Waals surface area contributed by atoms with Crippen molar-refractivity contribution in [3.05, 3.63) is 39.7 Å². The smallest absolute Gasteiger partial charge is 0.336 e. The Labute approximate surface area is 157 Å². The van der Waals surface area contributed by atoms with Gasteiger partial charge in [0.05, 0.1) is 0 Å². The van der Waals surface area contributed by atoms with Gasteiger partial charge >= 0.3 is 11.6 Å². The molecular formula is C20H25NO6. The molecule has 0 aliphatic rings. The van der Waals surface area contributed by atoms with E-state index >= 15 is 0 Å². The first-order valence-corrected chi connectivity index (χ1v) is 8.95. The quantitative estimate of drug-likeness (QED) is 0.687. The third-order valence-corrected chi connectivity index (χ3v) is 4.32. The summed E-state index contributed by atoms with van der Waals surface area (Å²) in [5, 5.41) is 12.4. The van der Waals surface area contributed by atoms with Crippen LogP contribution in [0, 0.1) is 12.8 Å². The molecule has 1 amide bonds. The van der Waals surface area contributed by atoms with E-state index in [2.05, 4.69) is 5.32 Å². The molecule has 1 aromatic carbocycles. The zero-order chi connectivity index (χ0) is 20.1. The molecule has 0 radical (unpaired) electrons. The largest absolute Gasteiger partial charge is 0.483 e. The number of ether oxygens (including phenoxy) is 1. The van der Waals surface area contributed by atoms with Crippen molar-refractivity contribution >= 4 is 22.8 Å². The number of nitrogens with one attached hydrogen (secondary N) is 1. The number of aryl methyl sites for hydroxylation is 2. The highest BCUT2D eigenvalue weighted by Crippen LogP contribution is 2.28. The Morgan fingerprint density at radius 3 is 2.59 bits per heavy atom. The highest BCUT2D eigenvalue weighted by Gasteiger charge is 2.23. The number of benzene rings is 1. The van der Waals surface area contributed by atoms with Crippen molar-refractivity contribution in [3.8, 4) is 5.75 Å². The van der Waals surface area contributed by atoms with E-state index in [4.69, 9.17) is 14.3 Å². The van der Waals surface area contributed by atoms with Crippen molar-refractivity contribution in [2.45, 2.75) is 46.6 Å². The number of fused-ring (bicyclic) bond motifs is 1. The van der Waals surface area contributed by atoms with Crippen molar-refractivity contribution < 1.29 is 23.8 Å². The van der Waals surface area contributed by atoms with E-state index in [1.807, 2.05) is 6.92 Å². The second kappa shape index (κ2) is 8.70. The lowest BCUT2D eigenvalue weighted by Crippen LogP contribution is -2.46. The monoisotopic (exact) mass is 375 g/mol. The van der Waals surface area contributed by atoms with Crippen molar-refractivity contribution in [2.24, 2.45) is 5.92 Å². The van der Waals surface area contributed by atoms with Gasteiger partial charge in [-0.05, 0) is 37.0 Å². The van der Waals surface area contributed by atoms with Gasteiger partial charge in [-0.2, -0.15) is 0 Å². The van der Waals surface area contributed by atoms with Crippen molar-refractivity contribution in [3.63, 3.8) is 0 Å². The van der Waals surface area contributed by atoms with E-state index in [0.717, 1.165) is 23.8 Å². The number of carboxylic acids is 1. The maximum atomic E-state index is 12.0. The first-order valence-electron chi connectivity index (χ1n) is 8.95. The number of aliphatic carboxylic acids is 1. The van der Waals surface area contributed by atoms with Crippen LogP contribution in [0.4, 0.5) is 0 Å². The second-order valence-electron chi connectivity index (χ2n) is 6.82. The summed E-state index contributed by atoms with van der Waals surface area (Å²) in [5.74, 6) is -1.46. The van der Waals surface area contributed by atoms with Gasteiger partial charge in [0.25, 0.3) is 5.91 Å². The molecule has 0 saturated heterocycles. The van der Waals surface area contributed by atoms with E-state index in [9.17, 15) is 14.4 Å². The standard InChI is InChI=1S/C20H25NO6/c1-5-6-13-9-17(23)27-19-12(4)15(8-7-14(13)19)26-10-16(22)21-18(11(2)3)20(24)25/h7-9,11,18H,5-6,10H2,1-4H3,(H,21,22)(H,24,25). The third kappa shape index (κ3) is 4.87. The lowest BCUT2D eigenvalue weighted by atomic mass is 10.0. The molecule has 0 bridgehead atoms. The Kier molecular flexibility index (Phi) is 6.60. The summed E-state index contributed by atoms with van der Waals surface area (Å²) >= 11 is 0. The van der Waals surface area contributed by atoms with Crippen LogP contribution in [-0.2, 0) is 16.0 Å². The van der Waals surface area contributed by atoms with Gasteiger partial charge in [-0.1, -0.05) is 27.2 Å². The van der Waals surface area contributed by atoms with Crippen LogP contribution in [0.5, 0.6) is 5.75 Å². The Morgan fingerprint density at radius 2 is 2.00 bits per heavy atom. The molecule has 0 spiro atoms. The summed E-state index contributed by atoms with van der Waals surface area (Å²) in [6.45, 7) is 6.88. The predicted octanol–water partition coefficient (Wildman–Crippen LogP) is 2.66. The summed E-state index contributed by atoms with van der Waals surface area (Å²) in [6, 6.07) is 4.05. The molecule has 1 aromatic heterocycles. The summed E-state index contributed by atoms with van der Waals surface area (Å²) in [5.41, 5.74) is 1.55. The number of carbonyl (C=O) groups is 2. The topological polar surface area (TPSA) is 106 Å². The van der Waals surface area contributed by atoms with Crippen LogP contribution < -0.4 is 15.7 Å². The highest BCUT2D eigenvalue weighted by atomic mass is 16.5. The maximum Gasteiger partial charge on any atom is 0.336 e. The van der Waals surface area contributed by atoms with Gasteiger partial charge in [-0.15, -0.1) is 0 Å². The van der Waals surface area contributed by atoms with Gasteiger partial charge in [0.15, 0.2) is 6.61 Å². The summed E-state index contributed by atoms with van der Waals surface area (Å²) < 4.78 is 10.9. The third-order valence-electron chi connectivity index (χ3n) is 4.32. The molecule has 1 heterocycles. The Bertz CT molecular complexity index is 899. The van der Waals surface area contributed by atoms with Crippen molar-refractivity contribution in [2.75, 3.05) is 6.61 Å². The van der Waals surface area contributed by atoms with Gasteiger partial charge in [-0.25, -0.2) is 9.59 Å². The first kappa shape index (κ1) is 20.5. The molecule has 146 valence electrons. The van der Waals surface area contributed by atoms with E-state index in [-0.39, 0.29) is 12.5 Å². The van der Waals surface area contributed by atoms with E-state index in [0.29, 0.717) is 16.9 Å². The molecule has 7 heteroatoms. The number of rotatable bonds is 8. The molecule has 27 heavy (non-hydrogen) atoms. The molecule has 0 saturated carbocycles. The van der Waals surface area contributed by atoms with Gasteiger partial charge in [0, 0.05) is 17.0 Å². The number of carbonyl (C=O) groups excluding carboxylic acids is 1. The number of amides is 1. The van der Waals surface area contributed by atoms with Crippen LogP contribution in [0.1, 0.15) is 38.3 Å². The van der Waals surface area contributed by atoms with Crippen LogP contribution in [0.15, 0.2) is 27.4 Å². The normalized spacial score (nSPS) is 12.2. The van der Waals surface area contributed by atoms with E-state index in [1.165, 1.54) is 6.07 Å². The molecule has 0 aliphatic carbocycles. The molecule has 0 aliphatic heterocycles. The SMILES string of the molecule is CCCc1cc(=O)oc2c(C)c(OCC(=O)NC(C(=O)O)C(C)C)ccc12. The maximum absolute atomic E-state index is 12.0. The second-order valence-corrected chi connectivity index (χ2v) is 6.82. The van der Waals surface area contributed by atoms with Gasteiger partial charge in [-0.3, -0.25) is 4.79 Å². The lowest BCUT2D eigenvalue weighted by molar-refractivity contribution is -0.143. The molecule has 1 unspecified atom stereocenters. The molecule has 1 atom stereocenters. The number of carboxylic acid groups (broad SMARTS) is 1. The molecule has 7 nitrogen and oxygen atoms in total. The van der Waals surface area contributed by atoms with Crippen LogP contribution >= 0.6 is 0 Å². The molecule has 2 aromatic rings. The summed E-state index contributed by atoms with van der Waals surface area (Å²) in [7, 11) is 0. The van der Waals surface area contributed by atoms with Crippen molar-refractivity contribution in [1.29, 1.82) is 0 Å². The Hall–Kier alpha value is -2.83. The van der Waals surface area contributed by atoms with Crippen molar-refractivity contribution in [1.82, 2.24) is 5.32 Å². The average molecular weight is 375 g/mol. The highest BCUT2D eigenvalue weighted by molar-refractivity contribution is 5.86. The minimum atomic E-state index is -1.09. The van der Waals surface area contributed by atoms with Crippen LogP contribution in [0.25, 0.3) is 11.0 Å². The zero-order valence-electron chi connectivity index (χ0n) is 16.0. The summed E-state index contributed by atoms with van der Waals surface area (Å²) in [6.07, 6.45) is 1.66. The fraction of sp³-hybridized carbons (Fsp3) is 0.450. The predicted molar refractivity (Wildman–Crippen MR) is 101 cm³/mol. The van der Waals surface area contributed by atoms with E-state index in [1.54, 1.807) is 32.9 Å². The van der Waals surface area contributed by atoms with E-state index < -0.39 is 23.5 Å². The van der Waals surface area contributed by atoms with Crippen LogP contribution in [0.3, 0.4) is 0 Å². The molecular weight excluding hydrogens is 350 g/mol. The van der Waals surface area contributed by atoms with Crippen LogP contribution in [0.2, 0.25) is 0 Å². The lowest BCUT2D eigenvalue weighted by Gasteiger charge is -2.18. The average Bonchev–Trinajstić information content (AvgIpc) is 2.59.